The maximum absolute atomic E-state index is 5.50. The van der Waals surface area contributed by atoms with Gasteiger partial charge in [-0.3, -0.25) is 4.98 Å². The molecule has 23 heavy (non-hydrogen) atoms. The van der Waals surface area contributed by atoms with Crippen molar-refractivity contribution in [2.24, 2.45) is 0 Å². The second kappa shape index (κ2) is 5.57. The third kappa shape index (κ3) is 2.34. The zero-order valence-corrected chi connectivity index (χ0v) is 12.7. The molecular formula is C19H15N3O. The van der Waals surface area contributed by atoms with Crippen molar-refractivity contribution in [2.75, 3.05) is 7.11 Å². The van der Waals surface area contributed by atoms with E-state index in [1.54, 1.807) is 13.3 Å². The number of hydrogen-bond acceptors (Lipinski definition) is 3. The van der Waals surface area contributed by atoms with Crippen LogP contribution in [0.5, 0.6) is 5.75 Å². The molecule has 3 aromatic heterocycles. The summed E-state index contributed by atoms with van der Waals surface area (Å²) >= 11 is 0. The first kappa shape index (κ1) is 13.5. The third-order valence-electron chi connectivity index (χ3n) is 3.91. The predicted octanol–water partition coefficient (Wildman–Crippen LogP) is 4.07. The third-order valence-corrected chi connectivity index (χ3v) is 3.91. The number of fused-ring (bicyclic) bond motifs is 1. The Morgan fingerprint density at radius 2 is 1.83 bits per heavy atom. The second-order valence-corrected chi connectivity index (χ2v) is 5.27. The summed E-state index contributed by atoms with van der Waals surface area (Å²) in [4.78, 5) is 8.51. The van der Waals surface area contributed by atoms with E-state index in [2.05, 4.69) is 34.4 Å². The summed E-state index contributed by atoms with van der Waals surface area (Å²) in [6.07, 6.45) is 9.40. The van der Waals surface area contributed by atoms with Gasteiger partial charge in [0.2, 0.25) is 0 Å². The number of para-hydroxylation sites is 1. The Bertz CT molecular complexity index is 961. The fourth-order valence-electron chi connectivity index (χ4n) is 2.82. The Morgan fingerprint density at radius 3 is 2.65 bits per heavy atom. The fourth-order valence-corrected chi connectivity index (χ4v) is 2.82. The van der Waals surface area contributed by atoms with Crippen molar-refractivity contribution in [1.82, 2.24) is 14.4 Å². The van der Waals surface area contributed by atoms with Gasteiger partial charge in [0.1, 0.15) is 5.75 Å². The minimum atomic E-state index is 0.851. The van der Waals surface area contributed by atoms with Crippen molar-refractivity contribution >= 4 is 5.52 Å². The van der Waals surface area contributed by atoms with Gasteiger partial charge in [0.15, 0.2) is 0 Å². The number of nitrogens with zero attached hydrogens (tertiary/aromatic N) is 3. The van der Waals surface area contributed by atoms with Crippen molar-refractivity contribution in [1.29, 1.82) is 0 Å². The lowest BCUT2D eigenvalue weighted by atomic mass is 10.0. The molecule has 0 atom stereocenters. The van der Waals surface area contributed by atoms with Crippen molar-refractivity contribution in [2.45, 2.75) is 0 Å². The Labute approximate surface area is 134 Å². The molecule has 1 aromatic carbocycles. The quantitative estimate of drug-likeness (QED) is 0.572. The van der Waals surface area contributed by atoms with Gasteiger partial charge in [-0.1, -0.05) is 24.3 Å². The average Bonchev–Trinajstić information content (AvgIpc) is 3.10. The van der Waals surface area contributed by atoms with Gasteiger partial charge in [-0.15, -0.1) is 0 Å². The van der Waals surface area contributed by atoms with Gasteiger partial charge in [0.05, 0.1) is 25.2 Å². The van der Waals surface area contributed by atoms with Crippen LogP contribution in [0, 0.1) is 0 Å². The van der Waals surface area contributed by atoms with E-state index in [1.165, 1.54) is 0 Å². The monoisotopic (exact) mass is 301 g/mol. The van der Waals surface area contributed by atoms with Crippen molar-refractivity contribution in [3.8, 4) is 28.0 Å². The fraction of sp³-hybridized carbons (Fsp3) is 0.0526. The molecule has 0 N–H and O–H groups in total. The first-order valence-corrected chi connectivity index (χ1v) is 7.36. The SMILES string of the molecule is COc1ccccc1-c1cc(-c2cccnc2)c2cncn2c1. The molecule has 0 unspecified atom stereocenters. The lowest BCUT2D eigenvalue weighted by Gasteiger charge is -2.12. The highest BCUT2D eigenvalue weighted by Crippen LogP contribution is 2.34. The zero-order valence-electron chi connectivity index (χ0n) is 12.7. The van der Waals surface area contributed by atoms with Crippen molar-refractivity contribution in [3.05, 3.63) is 73.6 Å². The lowest BCUT2D eigenvalue weighted by Crippen LogP contribution is -1.92. The zero-order chi connectivity index (χ0) is 15.6. The number of benzene rings is 1. The number of imidazole rings is 1. The van der Waals surface area contributed by atoms with Gasteiger partial charge in [-0.2, -0.15) is 0 Å². The van der Waals surface area contributed by atoms with Crippen LogP contribution in [0.4, 0.5) is 0 Å². The predicted molar refractivity (Wildman–Crippen MR) is 90.4 cm³/mol. The summed E-state index contributed by atoms with van der Waals surface area (Å²) in [5.41, 5.74) is 5.34. The van der Waals surface area contributed by atoms with Crippen LogP contribution in [0.25, 0.3) is 27.8 Å². The molecule has 0 aliphatic rings. The average molecular weight is 301 g/mol. The molecule has 0 saturated heterocycles. The number of ether oxygens (including phenoxy) is 1. The lowest BCUT2D eigenvalue weighted by molar-refractivity contribution is 0.416. The normalized spacial score (nSPS) is 10.8. The summed E-state index contributed by atoms with van der Waals surface area (Å²) < 4.78 is 7.53. The maximum Gasteiger partial charge on any atom is 0.126 e. The van der Waals surface area contributed by atoms with Crippen LogP contribution in [-0.4, -0.2) is 21.5 Å². The highest BCUT2D eigenvalue weighted by atomic mass is 16.5. The summed E-state index contributed by atoms with van der Waals surface area (Å²) in [6.45, 7) is 0. The molecule has 0 aliphatic heterocycles. The van der Waals surface area contributed by atoms with Crippen molar-refractivity contribution in [3.63, 3.8) is 0 Å². The Hall–Kier alpha value is -3.14. The van der Waals surface area contributed by atoms with E-state index < -0.39 is 0 Å². The highest BCUT2D eigenvalue weighted by molar-refractivity contribution is 5.84. The molecule has 0 spiro atoms. The van der Waals surface area contributed by atoms with Crippen LogP contribution >= 0.6 is 0 Å². The molecule has 112 valence electrons. The summed E-state index contributed by atoms with van der Waals surface area (Å²) in [5, 5.41) is 0. The van der Waals surface area contributed by atoms with Crippen LogP contribution in [0.15, 0.2) is 73.6 Å². The van der Waals surface area contributed by atoms with Crippen LogP contribution < -0.4 is 4.74 Å². The number of aromatic nitrogens is 3. The van der Waals surface area contributed by atoms with Crippen LogP contribution in [0.1, 0.15) is 0 Å². The van der Waals surface area contributed by atoms with Crippen molar-refractivity contribution < 1.29 is 4.74 Å². The van der Waals surface area contributed by atoms with Gasteiger partial charge in [-0.25, -0.2) is 4.98 Å². The van der Waals surface area contributed by atoms with E-state index in [0.717, 1.165) is 33.5 Å². The van der Waals surface area contributed by atoms with Gasteiger partial charge in [0.25, 0.3) is 0 Å². The van der Waals surface area contributed by atoms with Crippen LogP contribution in [0.3, 0.4) is 0 Å². The molecule has 0 fully saturated rings. The van der Waals surface area contributed by atoms with Gasteiger partial charge < -0.3 is 9.14 Å². The topological polar surface area (TPSA) is 39.4 Å². The molecule has 4 nitrogen and oxygen atoms in total. The van der Waals surface area contributed by atoms with E-state index in [0.29, 0.717) is 0 Å². The minimum Gasteiger partial charge on any atom is -0.496 e. The van der Waals surface area contributed by atoms with E-state index in [9.17, 15) is 0 Å². The highest BCUT2D eigenvalue weighted by Gasteiger charge is 2.11. The molecule has 3 heterocycles. The number of methoxy groups -OCH3 is 1. The Morgan fingerprint density at radius 1 is 0.913 bits per heavy atom. The smallest absolute Gasteiger partial charge is 0.126 e. The first-order chi connectivity index (χ1) is 11.4. The molecule has 0 aliphatic carbocycles. The molecule has 4 heteroatoms. The molecule has 0 saturated carbocycles. The number of pyridine rings is 2. The molecule has 0 radical (unpaired) electrons. The Balaban J connectivity index is 1.99. The van der Waals surface area contributed by atoms with E-state index in [4.69, 9.17) is 4.74 Å². The molecular weight excluding hydrogens is 286 g/mol. The standard InChI is InChI=1S/C19H15N3O/c1-23-19-7-3-2-6-16(19)15-9-17(14-5-4-8-20-10-14)18-11-21-13-22(18)12-15/h2-13H,1H3. The van der Waals surface area contributed by atoms with E-state index in [1.807, 2.05) is 47.4 Å². The molecule has 0 amide bonds. The van der Waals surface area contributed by atoms with Crippen LogP contribution in [0.2, 0.25) is 0 Å². The Kier molecular flexibility index (Phi) is 3.27. The number of hydrogen-bond donors (Lipinski definition) is 0. The van der Waals surface area contributed by atoms with Crippen LogP contribution in [-0.2, 0) is 0 Å². The molecule has 4 rings (SSSR count). The second-order valence-electron chi connectivity index (χ2n) is 5.27. The summed E-state index contributed by atoms with van der Waals surface area (Å²) in [5.74, 6) is 0.851. The summed E-state index contributed by atoms with van der Waals surface area (Å²) in [6, 6.07) is 14.2. The molecule has 0 bridgehead atoms. The van der Waals surface area contributed by atoms with E-state index >= 15 is 0 Å². The van der Waals surface area contributed by atoms with E-state index in [-0.39, 0.29) is 0 Å². The molecule has 4 aromatic rings. The van der Waals surface area contributed by atoms with Gasteiger partial charge in [-0.05, 0) is 18.2 Å². The summed E-state index contributed by atoms with van der Waals surface area (Å²) in [7, 11) is 1.69. The van der Waals surface area contributed by atoms with Gasteiger partial charge in [0, 0.05) is 40.8 Å². The first-order valence-electron chi connectivity index (χ1n) is 7.36. The minimum absolute atomic E-state index is 0.851. The number of rotatable bonds is 3. The van der Waals surface area contributed by atoms with Gasteiger partial charge >= 0.3 is 0 Å². The maximum atomic E-state index is 5.50. The largest absolute Gasteiger partial charge is 0.496 e.